The molecule has 6 aromatic carbocycles. The summed E-state index contributed by atoms with van der Waals surface area (Å²) in [6.07, 6.45) is -18.5. The molecule has 21 heteroatoms. The topological polar surface area (TPSA) is 139 Å². The van der Waals surface area contributed by atoms with Gasteiger partial charge < -0.3 is 45.0 Å². The highest BCUT2D eigenvalue weighted by atomic mass is 19.4. The quantitative estimate of drug-likeness (QED) is 0.0963. The van der Waals surface area contributed by atoms with Crippen LogP contribution in [0, 0.1) is 0 Å². The lowest BCUT2D eigenvalue weighted by molar-refractivity contribution is -0.391. The van der Waals surface area contributed by atoms with Gasteiger partial charge >= 0.3 is 24.6 Å². The van der Waals surface area contributed by atoms with E-state index in [1.807, 2.05) is 6.07 Å². The van der Waals surface area contributed by atoms with Gasteiger partial charge in [-0.25, -0.2) is 0 Å². The minimum Gasteiger partial charge on any atom is -0.496 e. The van der Waals surface area contributed by atoms with Crippen LogP contribution in [0.1, 0.15) is 45.5 Å². The molecule has 1 aliphatic heterocycles. The van der Waals surface area contributed by atoms with Crippen LogP contribution in [0.25, 0.3) is 0 Å². The Morgan fingerprint density at radius 3 is 1.47 bits per heavy atom. The number of hydrogen-bond acceptors (Lipinski definition) is 9. The Morgan fingerprint density at radius 2 is 0.972 bits per heavy atom. The fraction of sp³-hybridized carbons (Fsp3) is 0.255. The summed E-state index contributed by atoms with van der Waals surface area (Å²) in [7, 11) is 4.37. The van der Waals surface area contributed by atoms with E-state index in [9.17, 15) is 53.5 Å². The molecule has 11 nitrogen and oxygen atoms in total. The number of para-hydroxylation sites is 1. The standard InChI is InChI=1S/C26H21F7N2O4.C25H25F3N2O3/c1-37-19-5-3-2-4-18(19)22(34)23(36)35(13-12-15-6-8-16(9-7-15)24(27,28)29)17-10-11-20-21(14-17)39-26(32,33)25(30,31)38-20;1-32-21-13-12-20(16-22(21)33-2)30(24(31)23(29)18-6-4-3-5-7-18)15-14-17-8-10-19(11-9-17)25(26,27)28/h2-11,14,22H,12-13,34H2,1H3;3-13,16,23H,14-15,29H2,1-2H3. The predicted octanol–water partition coefficient (Wildman–Crippen LogP) is 10.9. The van der Waals surface area contributed by atoms with Gasteiger partial charge in [0.1, 0.15) is 17.8 Å². The molecule has 0 aliphatic carbocycles. The van der Waals surface area contributed by atoms with Crippen molar-refractivity contribution in [3.8, 4) is 28.7 Å². The van der Waals surface area contributed by atoms with Gasteiger partial charge in [0.2, 0.25) is 11.8 Å². The summed E-state index contributed by atoms with van der Waals surface area (Å²) < 4.78 is 156. The number of anilines is 2. The lowest BCUT2D eigenvalue weighted by atomic mass is 10.0. The molecule has 2 atom stereocenters. The fourth-order valence-electron chi connectivity index (χ4n) is 7.35. The zero-order valence-electron chi connectivity index (χ0n) is 38.4. The number of fused-ring (bicyclic) bond motifs is 1. The Morgan fingerprint density at radius 1 is 0.528 bits per heavy atom. The van der Waals surface area contributed by atoms with E-state index in [0.29, 0.717) is 51.6 Å². The Bertz CT molecular complexity index is 2800. The van der Waals surface area contributed by atoms with E-state index in [4.69, 9.17) is 25.7 Å². The van der Waals surface area contributed by atoms with Gasteiger partial charge in [0.05, 0.1) is 32.5 Å². The van der Waals surface area contributed by atoms with Crippen molar-refractivity contribution in [3.63, 3.8) is 0 Å². The van der Waals surface area contributed by atoms with Crippen LogP contribution in [0.2, 0.25) is 0 Å². The fourth-order valence-corrected chi connectivity index (χ4v) is 7.35. The normalized spacial score (nSPS) is 14.4. The number of nitrogens with two attached hydrogens (primary N) is 2. The van der Waals surface area contributed by atoms with Gasteiger partial charge in [-0.3, -0.25) is 9.59 Å². The lowest BCUT2D eigenvalue weighted by Crippen LogP contribution is -2.52. The molecule has 7 rings (SSSR count). The molecule has 2 amide bonds. The highest BCUT2D eigenvalue weighted by molar-refractivity contribution is 5.99. The number of hydrogen-bond donors (Lipinski definition) is 2. The molecule has 0 fully saturated rings. The number of ether oxygens (including phenoxy) is 5. The highest BCUT2D eigenvalue weighted by Crippen LogP contribution is 2.48. The van der Waals surface area contributed by atoms with Crippen molar-refractivity contribution in [2.24, 2.45) is 11.5 Å². The van der Waals surface area contributed by atoms with Crippen LogP contribution in [0.5, 0.6) is 28.7 Å². The second-order valence-electron chi connectivity index (χ2n) is 15.9. The average molecular weight is 1020 g/mol. The van der Waals surface area contributed by atoms with E-state index in [-0.39, 0.29) is 31.1 Å². The molecule has 0 aromatic heterocycles. The number of methoxy groups -OCH3 is 3. The van der Waals surface area contributed by atoms with Crippen molar-refractivity contribution in [1.82, 2.24) is 0 Å². The summed E-state index contributed by atoms with van der Waals surface area (Å²) in [6.45, 7) is 0.0411. The molecule has 72 heavy (non-hydrogen) atoms. The summed E-state index contributed by atoms with van der Waals surface area (Å²) in [4.78, 5) is 29.6. The van der Waals surface area contributed by atoms with Gasteiger partial charge in [-0.1, -0.05) is 72.8 Å². The zero-order valence-corrected chi connectivity index (χ0v) is 38.4. The molecule has 0 saturated carbocycles. The average Bonchev–Trinajstić information content (AvgIpc) is 3.36. The van der Waals surface area contributed by atoms with Crippen LogP contribution in [0.3, 0.4) is 0 Å². The zero-order chi connectivity index (χ0) is 52.6. The third-order valence-corrected chi connectivity index (χ3v) is 11.2. The minimum atomic E-state index is -4.98. The Labute approximate surface area is 406 Å². The Kier molecular flexibility index (Phi) is 16.7. The first kappa shape index (κ1) is 53.8. The van der Waals surface area contributed by atoms with Crippen molar-refractivity contribution < 1.29 is 77.2 Å². The summed E-state index contributed by atoms with van der Waals surface area (Å²) in [5, 5.41) is 0. The number of carbonyl (C=O) groups excluding carboxylic acids is 2. The molecule has 382 valence electrons. The lowest BCUT2D eigenvalue weighted by Gasteiger charge is -2.33. The number of rotatable bonds is 15. The van der Waals surface area contributed by atoms with E-state index >= 15 is 0 Å². The van der Waals surface area contributed by atoms with Crippen molar-refractivity contribution in [3.05, 3.63) is 173 Å². The number of benzene rings is 6. The van der Waals surface area contributed by atoms with E-state index in [2.05, 4.69) is 9.47 Å². The Hall–Kier alpha value is -7.52. The van der Waals surface area contributed by atoms with Gasteiger partial charge in [-0.2, -0.15) is 43.9 Å². The summed E-state index contributed by atoms with van der Waals surface area (Å²) in [6, 6.07) is 30.3. The largest absolute Gasteiger partial charge is 0.507 e. The maximum atomic E-state index is 13.8. The number of carbonyl (C=O) groups is 2. The molecule has 0 bridgehead atoms. The van der Waals surface area contributed by atoms with Crippen molar-refractivity contribution in [1.29, 1.82) is 0 Å². The molecule has 0 spiro atoms. The van der Waals surface area contributed by atoms with Crippen LogP contribution in [0.15, 0.2) is 140 Å². The molecule has 0 radical (unpaired) electrons. The molecular formula is C51H46F10N4O7. The first-order valence-corrected chi connectivity index (χ1v) is 21.6. The monoisotopic (exact) mass is 1020 g/mol. The molecule has 2 unspecified atom stereocenters. The minimum absolute atomic E-state index is 0.0329. The molecule has 6 aromatic rings. The van der Waals surface area contributed by atoms with Crippen LogP contribution in [-0.4, -0.2) is 58.5 Å². The molecule has 4 N–H and O–H groups in total. The summed E-state index contributed by atoms with van der Waals surface area (Å²) >= 11 is 0. The van der Waals surface area contributed by atoms with E-state index in [1.165, 1.54) is 56.6 Å². The van der Waals surface area contributed by atoms with Crippen LogP contribution in [-0.2, 0) is 34.8 Å². The second-order valence-corrected chi connectivity index (χ2v) is 15.9. The van der Waals surface area contributed by atoms with Gasteiger partial charge in [0, 0.05) is 42.2 Å². The molecule has 1 heterocycles. The molecule has 0 saturated heterocycles. The van der Waals surface area contributed by atoms with Crippen molar-refractivity contribution >= 4 is 23.2 Å². The van der Waals surface area contributed by atoms with Crippen LogP contribution in [0.4, 0.5) is 55.3 Å². The number of halogens is 10. The van der Waals surface area contributed by atoms with E-state index in [1.54, 1.807) is 66.7 Å². The van der Waals surface area contributed by atoms with E-state index in [0.717, 1.165) is 41.3 Å². The van der Waals surface area contributed by atoms with Gasteiger partial charge in [0.25, 0.3) is 0 Å². The predicted molar refractivity (Wildman–Crippen MR) is 245 cm³/mol. The first-order chi connectivity index (χ1) is 34.0. The Balaban J connectivity index is 0.000000239. The summed E-state index contributed by atoms with van der Waals surface area (Å²) in [5.74, 6) is -1.27. The maximum absolute atomic E-state index is 13.8. The summed E-state index contributed by atoms with van der Waals surface area (Å²) in [5.41, 5.74) is 13.5. The molecule has 1 aliphatic rings. The third-order valence-electron chi connectivity index (χ3n) is 11.2. The smallest absolute Gasteiger partial charge is 0.496 e. The first-order valence-electron chi connectivity index (χ1n) is 21.6. The number of alkyl halides is 10. The second kappa shape index (κ2) is 22.3. The number of amides is 2. The SMILES string of the molecule is COc1ccc(N(CCc2ccc(C(F)(F)F)cc2)C(=O)C(N)c2ccccc2)cc1OC.COc1ccccc1C(N)C(=O)N(CCc1ccc(C(F)(F)F)cc1)c1ccc2c(c1)OC(F)(F)C(F)(F)O2. The molecular weight excluding hydrogens is 971 g/mol. The van der Waals surface area contributed by atoms with E-state index < -0.39 is 65.2 Å². The highest BCUT2D eigenvalue weighted by Gasteiger charge is 2.66. The van der Waals surface area contributed by atoms with Gasteiger partial charge in [-0.05, 0) is 84.1 Å². The van der Waals surface area contributed by atoms with Crippen LogP contribution >= 0.6 is 0 Å². The van der Waals surface area contributed by atoms with Crippen LogP contribution < -0.4 is 45.0 Å². The van der Waals surface area contributed by atoms with Crippen molar-refractivity contribution in [2.45, 2.75) is 49.5 Å². The van der Waals surface area contributed by atoms with Gasteiger partial charge in [-0.15, -0.1) is 0 Å². The maximum Gasteiger partial charge on any atom is 0.507 e. The van der Waals surface area contributed by atoms with Crippen molar-refractivity contribution in [2.75, 3.05) is 44.2 Å². The van der Waals surface area contributed by atoms with Gasteiger partial charge in [0.15, 0.2) is 23.0 Å². The number of nitrogens with zero attached hydrogens (tertiary/aromatic N) is 2. The third kappa shape index (κ3) is 12.7.